The molecule has 1 aromatic heterocycles. The number of H-pyrrole nitrogens is 1. The second kappa shape index (κ2) is 42.3. The molecule has 0 amide bonds. The molecule has 0 aliphatic carbocycles. The lowest BCUT2D eigenvalue weighted by molar-refractivity contribution is 0.101. The van der Waals surface area contributed by atoms with Crippen molar-refractivity contribution >= 4 is 63.6 Å². The molecule has 19 heteroatoms. The van der Waals surface area contributed by atoms with Crippen molar-refractivity contribution in [1.82, 2.24) is 24.9 Å². The number of ether oxygens (including phenoxy) is 3. The Bertz CT molecular complexity index is 2950. The van der Waals surface area contributed by atoms with Crippen LogP contribution >= 0.6 is 24.0 Å². The van der Waals surface area contributed by atoms with Crippen LogP contribution in [0.1, 0.15) is 73.1 Å². The molecule has 0 bridgehead atoms. The van der Waals surface area contributed by atoms with Crippen molar-refractivity contribution in [3.8, 4) is 28.5 Å². The predicted molar refractivity (Wildman–Crippen MR) is 352 cm³/mol. The van der Waals surface area contributed by atoms with E-state index in [1.807, 2.05) is 164 Å². The minimum absolute atomic E-state index is 0. The molecule has 0 spiro atoms. The number of rotatable bonds is 22. The first-order chi connectivity index (χ1) is 41.2. The number of hydrogen-bond donors (Lipinski definition) is 6. The monoisotopic (exact) mass is 1190 g/mol. The maximum Gasteiger partial charge on any atom is 0.188 e. The van der Waals surface area contributed by atoms with Crippen LogP contribution in [0.5, 0.6) is 17.2 Å². The summed E-state index contributed by atoms with van der Waals surface area (Å²) < 4.78 is 17.3. The Hall–Kier alpha value is -7.52. The van der Waals surface area contributed by atoms with E-state index in [9.17, 15) is 9.59 Å². The van der Waals surface area contributed by atoms with Gasteiger partial charge in [-0.1, -0.05) is 91.0 Å². The maximum absolute atomic E-state index is 12.3. The minimum Gasteiger partial charge on any atom is -0.492 e. The highest BCUT2D eigenvalue weighted by molar-refractivity contribution is 8.02. The number of ketones is 2. The lowest BCUT2D eigenvalue weighted by atomic mass is 10.1. The smallest absolute Gasteiger partial charge is 0.188 e. The topological polar surface area (TPSA) is 240 Å². The zero-order valence-electron chi connectivity index (χ0n) is 49.4. The van der Waals surface area contributed by atoms with Crippen LogP contribution < -0.4 is 36.5 Å². The van der Waals surface area contributed by atoms with Gasteiger partial charge in [-0.2, -0.15) is 10.1 Å². The Morgan fingerprint density at radius 3 is 1.45 bits per heavy atom. The Morgan fingerprint density at radius 1 is 0.647 bits per heavy atom. The fourth-order valence-corrected chi connectivity index (χ4v) is 9.45. The number of carbonyl (C=O) groups excluding carboxylic acids is 2. The standard InChI is InChI=1S/C22H26N2O2S.C21H24N4O.C13H16N2OS.C8H8O.C2H6O.H4N2.H2O/c1-27-22(17-21(25)18-7-3-2-4-8-18)23-19-9-11-20(12-10-19)26-16-15-24-13-5-6-14-24;1-2-6-17(7-3-1)20-16-21(24-23-20)22-18-8-10-19(11-9-18)26-15-14-25-12-4-5-13-25;17-11-14-12-3-5-13(6-4-12)16-10-9-15-7-1-2-8-15;1-7(9)8-5-3-2-4-6-8;1-2-3;1-2;/h2-4,7-12,17,23H,5-6,13-16H2,1H3;1-3,6-11,16H,4-5,12-15H2,(H2,22,23,24);3-6H,1-2,7-10H2;2-6H,1H3;3H,2H2,1H3;1-2H2;1H2/b22-17+;;;;;;. The number of likely N-dealkylation sites (tertiary alicyclic amines) is 3. The molecule has 4 heterocycles. The van der Waals surface area contributed by atoms with Crippen molar-refractivity contribution in [2.75, 3.05) is 102 Å². The molecule has 3 aliphatic rings. The van der Waals surface area contributed by atoms with Gasteiger partial charge in [-0.3, -0.25) is 41.1 Å². The second-order valence-corrected chi connectivity index (χ2v) is 20.4. The Kier molecular flexibility index (Phi) is 34.8. The van der Waals surface area contributed by atoms with Crippen LogP contribution in [0.3, 0.4) is 0 Å². The first kappa shape index (κ1) is 70.0. The fraction of sp³-hybridized carbons (Fsp3) is 0.333. The molecule has 3 fully saturated rings. The lowest BCUT2D eigenvalue weighted by Gasteiger charge is -2.15. The number of allylic oxidation sites excluding steroid dienone is 1. The third kappa shape index (κ3) is 27.8. The zero-order valence-corrected chi connectivity index (χ0v) is 51.0. The SMILES string of the molecule is CC(=O)c1ccccc1.CCO.CS/C(=C/C(=O)c1ccccc1)Nc1ccc(OCCN2CCCC2)cc1.NN.O.S=C=Nc1ccc(OCCN2CCCC2)cc1.c1ccc(-c2cc(Nc3ccc(OCCN4CCCC4)cc3)n[nH]2)cc1. The highest BCUT2D eigenvalue weighted by Gasteiger charge is 2.14. The van der Waals surface area contributed by atoms with Crippen molar-refractivity contribution in [2.45, 2.75) is 52.4 Å². The summed E-state index contributed by atoms with van der Waals surface area (Å²) in [5.41, 5.74) is 6.31. The van der Waals surface area contributed by atoms with Gasteiger partial charge < -0.3 is 35.4 Å². The van der Waals surface area contributed by atoms with Crippen LogP contribution in [0.4, 0.5) is 22.9 Å². The van der Waals surface area contributed by atoms with Crippen molar-refractivity contribution in [3.05, 3.63) is 192 Å². The first-order valence-corrected chi connectivity index (χ1v) is 30.3. The van der Waals surface area contributed by atoms with Gasteiger partial charge in [0.15, 0.2) is 17.4 Å². The summed E-state index contributed by atoms with van der Waals surface area (Å²) in [7, 11) is 0. The number of aliphatic imine (C=N–C) groups is 1. The molecular weight excluding hydrogens is 1110 g/mol. The molecule has 6 aromatic carbocycles. The van der Waals surface area contributed by atoms with E-state index in [2.05, 4.69) is 81.7 Å². The molecular formula is C66H86N10O7S2. The summed E-state index contributed by atoms with van der Waals surface area (Å²) in [5, 5.41) is 24.7. The minimum atomic E-state index is -0.00526. The number of aliphatic hydroxyl groups excluding tert-OH is 1. The number of nitrogens with one attached hydrogen (secondary N) is 3. The highest BCUT2D eigenvalue weighted by Crippen LogP contribution is 2.25. The number of aliphatic hydroxyl groups is 1. The Labute approximate surface area is 512 Å². The normalized spacial score (nSPS) is 13.5. The third-order valence-electron chi connectivity index (χ3n) is 13.3. The summed E-state index contributed by atoms with van der Waals surface area (Å²) in [5.74, 6) is 11.6. The molecule has 10 rings (SSSR count). The zero-order chi connectivity index (χ0) is 59.8. The number of isothiocyanates is 1. The van der Waals surface area contributed by atoms with E-state index in [1.54, 1.807) is 19.9 Å². The van der Waals surface area contributed by atoms with E-state index in [1.165, 1.54) is 89.6 Å². The quantitative estimate of drug-likeness (QED) is 0.00923. The second-order valence-electron chi connectivity index (χ2n) is 19.4. The van der Waals surface area contributed by atoms with E-state index < -0.39 is 0 Å². The van der Waals surface area contributed by atoms with Gasteiger partial charge in [0.2, 0.25) is 0 Å². The summed E-state index contributed by atoms with van der Waals surface area (Å²) in [6.45, 7) is 15.9. The predicted octanol–water partition coefficient (Wildman–Crippen LogP) is 11.7. The van der Waals surface area contributed by atoms with Crippen LogP contribution in [0.15, 0.2) is 186 Å². The first-order valence-electron chi connectivity index (χ1n) is 28.7. The number of hydrogen-bond acceptors (Lipinski definition) is 17. The maximum atomic E-state index is 12.3. The summed E-state index contributed by atoms with van der Waals surface area (Å²) in [6.07, 6.45) is 11.5. The molecule has 0 radical (unpaired) electrons. The number of aromatic nitrogens is 2. The number of benzene rings is 6. The molecule has 0 saturated carbocycles. The number of anilines is 3. The molecule has 0 unspecified atom stereocenters. The number of aromatic amines is 1. The number of Topliss-reactive ketones (excluding diaryl/α,β-unsaturated/α-hetero) is 1. The van der Waals surface area contributed by atoms with Crippen molar-refractivity contribution < 1.29 is 34.4 Å². The van der Waals surface area contributed by atoms with E-state index in [-0.39, 0.29) is 23.6 Å². The molecule has 17 nitrogen and oxygen atoms in total. The number of thiocarbonyl (C=S) groups is 1. The summed E-state index contributed by atoms with van der Waals surface area (Å²) in [6, 6.07) is 54.2. The average Bonchev–Trinajstić information content (AvgIpc) is 4.54. The number of thioether (sulfide) groups is 1. The molecule has 85 heavy (non-hydrogen) atoms. The number of nitrogens with zero attached hydrogens (tertiary/aromatic N) is 5. The third-order valence-corrected chi connectivity index (χ3v) is 14.0. The van der Waals surface area contributed by atoms with Gasteiger partial charge in [0.1, 0.15) is 37.1 Å². The van der Waals surface area contributed by atoms with Crippen LogP contribution in [-0.4, -0.2) is 144 Å². The van der Waals surface area contributed by atoms with Crippen LogP contribution in [0.25, 0.3) is 11.3 Å². The number of hydrazine groups is 1. The van der Waals surface area contributed by atoms with E-state index in [0.717, 1.165) is 94.8 Å². The van der Waals surface area contributed by atoms with E-state index in [4.69, 9.17) is 19.3 Å². The molecule has 3 aliphatic heterocycles. The average molecular weight is 1200 g/mol. The molecule has 454 valence electrons. The van der Waals surface area contributed by atoms with E-state index >= 15 is 0 Å². The molecule has 0 atom stereocenters. The van der Waals surface area contributed by atoms with Gasteiger partial charge in [0.25, 0.3) is 0 Å². The highest BCUT2D eigenvalue weighted by atomic mass is 32.2. The van der Waals surface area contributed by atoms with E-state index in [0.29, 0.717) is 12.2 Å². The summed E-state index contributed by atoms with van der Waals surface area (Å²) >= 11 is 6.06. The Morgan fingerprint density at radius 2 is 1.05 bits per heavy atom. The molecule has 7 aromatic rings. The van der Waals surface area contributed by atoms with Gasteiger partial charge in [-0.15, -0.1) is 11.8 Å². The van der Waals surface area contributed by atoms with Crippen LogP contribution in [-0.2, 0) is 0 Å². The summed E-state index contributed by atoms with van der Waals surface area (Å²) in [4.78, 5) is 34.2. The van der Waals surface area contributed by atoms with Crippen LogP contribution in [0, 0.1) is 0 Å². The molecule has 3 saturated heterocycles. The lowest BCUT2D eigenvalue weighted by Crippen LogP contribution is -2.25. The van der Waals surface area contributed by atoms with Crippen molar-refractivity contribution in [2.24, 2.45) is 16.7 Å². The molecule has 10 N–H and O–H groups in total. The number of nitrogens with two attached hydrogens (primary N) is 2. The van der Waals surface area contributed by atoms with Crippen LogP contribution in [0.2, 0.25) is 0 Å². The van der Waals surface area contributed by atoms with Crippen molar-refractivity contribution in [3.63, 3.8) is 0 Å². The van der Waals surface area contributed by atoms with Gasteiger partial charge >= 0.3 is 0 Å². The van der Waals surface area contributed by atoms with Crippen molar-refractivity contribution in [1.29, 1.82) is 0 Å². The van der Waals surface area contributed by atoms with Gasteiger partial charge in [-0.25, -0.2) is 0 Å². The van der Waals surface area contributed by atoms with Gasteiger partial charge in [0, 0.05) is 60.9 Å². The Balaban J connectivity index is 0.000000248. The largest absolute Gasteiger partial charge is 0.492 e. The fourth-order valence-electron chi connectivity index (χ4n) is 8.90. The number of carbonyl (C=O) groups is 2. The van der Waals surface area contributed by atoms with Gasteiger partial charge in [-0.05, 0) is 188 Å². The van der Waals surface area contributed by atoms with Gasteiger partial charge in [0.05, 0.1) is 21.6 Å².